The number of rotatable bonds is 4. The van der Waals surface area contributed by atoms with Gasteiger partial charge < -0.3 is 9.15 Å². The minimum atomic E-state index is -0.195. The lowest BCUT2D eigenvalue weighted by molar-refractivity contribution is 0.278. The molecule has 1 N–H and O–H groups in total. The van der Waals surface area contributed by atoms with E-state index in [0.717, 1.165) is 41.4 Å². The van der Waals surface area contributed by atoms with Crippen LogP contribution in [0, 0.1) is 6.92 Å². The molecule has 2 aromatic carbocycles. The number of ether oxygens (including phenoxy) is 1. The van der Waals surface area contributed by atoms with Crippen molar-refractivity contribution in [2.75, 3.05) is 0 Å². The zero-order valence-electron chi connectivity index (χ0n) is 21.9. The number of fused-ring (bicyclic) bond motifs is 2. The molecule has 2 heterocycles. The molecule has 5 heteroatoms. The zero-order valence-corrected chi connectivity index (χ0v) is 21.9. The number of allylic oxidation sites excluding steroid dienone is 2. The lowest BCUT2D eigenvalue weighted by atomic mass is 10.1. The van der Waals surface area contributed by atoms with Gasteiger partial charge in [0.1, 0.15) is 12.2 Å². The SMILES string of the molecule is CC.CCc1ccccc1.C\C1=C/C=c2/c(=O)[nH]c(OCc3coc4cc(C)ccc34)n/c2=C/CC1. The van der Waals surface area contributed by atoms with Crippen molar-refractivity contribution in [1.82, 2.24) is 9.97 Å². The van der Waals surface area contributed by atoms with Crippen molar-refractivity contribution in [1.29, 1.82) is 0 Å². The van der Waals surface area contributed by atoms with Crippen LogP contribution in [0.25, 0.3) is 23.1 Å². The van der Waals surface area contributed by atoms with E-state index in [0.29, 0.717) is 10.6 Å². The van der Waals surface area contributed by atoms with Crippen LogP contribution in [0.1, 0.15) is 57.2 Å². The molecule has 5 nitrogen and oxygen atoms in total. The maximum absolute atomic E-state index is 12.4. The van der Waals surface area contributed by atoms with Gasteiger partial charge in [-0.1, -0.05) is 81.0 Å². The van der Waals surface area contributed by atoms with Crippen LogP contribution in [0.5, 0.6) is 6.01 Å². The summed E-state index contributed by atoms with van der Waals surface area (Å²) in [5.74, 6) is 0. The molecule has 1 aliphatic carbocycles. The summed E-state index contributed by atoms with van der Waals surface area (Å²) in [5.41, 5.74) is 5.35. The van der Waals surface area contributed by atoms with Gasteiger partial charge in [-0.2, -0.15) is 4.98 Å². The minimum absolute atomic E-state index is 0.195. The molecule has 0 saturated carbocycles. The molecule has 4 aromatic rings. The number of hydrogen-bond acceptors (Lipinski definition) is 4. The number of benzene rings is 2. The fraction of sp³-hybridized carbons (Fsp3) is 0.290. The Balaban J connectivity index is 0.000000305. The second-order valence-corrected chi connectivity index (χ2v) is 8.48. The van der Waals surface area contributed by atoms with E-state index >= 15 is 0 Å². The van der Waals surface area contributed by atoms with E-state index in [1.807, 2.05) is 63.3 Å². The van der Waals surface area contributed by atoms with E-state index in [2.05, 4.69) is 48.1 Å². The fourth-order valence-electron chi connectivity index (χ4n) is 3.77. The fourth-order valence-corrected chi connectivity index (χ4v) is 3.77. The van der Waals surface area contributed by atoms with Gasteiger partial charge in [0.05, 0.1) is 16.8 Å². The predicted molar refractivity (Wildman–Crippen MR) is 148 cm³/mol. The molecule has 1 aliphatic rings. The molecular weight excluding hydrogens is 448 g/mol. The molecule has 2 aromatic heterocycles. The first-order valence-electron chi connectivity index (χ1n) is 12.6. The molecule has 0 spiro atoms. The van der Waals surface area contributed by atoms with Crippen molar-refractivity contribution in [3.05, 3.63) is 104 Å². The van der Waals surface area contributed by atoms with Gasteiger partial charge in [-0.15, -0.1) is 0 Å². The lowest BCUT2D eigenvalue weighted by Crippen LogP contribution is -2.43. The van der Waals surface area contributed by atoms with Crippen LogP contribution in [-0.4, -0.2) is 9.97 Å². The molecule has 0 bridgehead atoms. The summed E-state index contributed by atoms with van der Waals surface area (Å²) in [5, 5.41) is 2.24. The van der Waals surface area contributed by atoms with Crippen LogP contribution < -0.4 is 20.9 Å². The molecule has 0 radical (unpaired) electrons. The number of aromatic nitrogens is 2. The van der Waals surface area contributed by atoms with E-state index in [9.17, 15) is 4.79 Å². The van der Waals surface area contributed by atoms with Crippen LogP contribution in [0.3, 0.4) is 0 Å². The molecule has 188 valence electrons. The van der Waals surface area contributed by atoms with Crippen molar-refractivity contribution in [2.45, 2.75) is 60.5 Å². The zero-order chi connectivity index (χ0) is 25.9. The van der Waals surface area contributed by atoms with E-state index in [4.69, 9.17) is 9.15 Å². The van der Waals surface area contributed by atoms with Crippen molar-refractivity contribution >= 4 is 23.1 Å². The number of hydrogen-bond donors (Lipinski definition) is 1. The Morgan fingerprint density at radius 3 is 2.56 bits per heavy atom. The number of nitrogens with zero attached hydrogens (tertiary/aromatic N) is 1. The quantitative estimate of drug-likeness (QED) is 0.387. The minimum Gasteiger partial charge on any atom is -0.464 e. The first kappa shape index (κ1) is 26.7. The van der Waals surface area contributed by atoms with Gasteiger partial charge in [-0.3, -0.25) is 9.78 Å². The third-order valence-corrected chi connectivity index (χ3v) is 5.80. The highest BCUT2D eigenvalue weighted by molar-refractivity contribution is 5.81. The van der Waals surface area contributed by atoms with Gasteiger partial charge in [-0.05, 0) is 56.4 Å². The van der Waals surface area contributed by atoms with Crippen molar-refractivity contribution in [3.8, 4) is 6.01 Å². The monoisotopic (exact) mass is 484 g/mol. The highest BCUT2D eigenvalue weighted by Crippen LogP contribution is 2.23. The van der Waals surface area contributed by atoms with E-state index in [1.165, 1.54) is 11.1 Å². The summed E-state index contributed by atoms with van der Waals surface area (Å²) in [4.78, 5) is 19.6. The van der Waals surface area contributed by atoms with Gasteiger partial charge in [0.2, 0.25) is 0 Å². The normalized spacial score (nSPS) is 15.5. The third-order valence-electron chi connectivity index (χ3n) is 5.80. The number of aromatic amines is 1. The molecule has 36 heavy (non-hydrogen) atoms. The van der Waals surface area contributed by atoms with Crippen molar-refractivity contribution in [2.24, 2.45) is 0 Å². The number of furan rings is 1. The van der Waals surface area contributed by atoms with Crippen LogP contribution >= 0.6 is 0 Å². The molecule has 0 amide bonds. The summed E-state index contributed by atoms with van der Waals surface area (Å²) < 4.78 is 11.3. The van der Waals surface area contributed by atoms with Gasteiger partial charge in [0, 0.05) is 10.9 Å². The average Bonchev–Trinajstić information content (AvgIpc) is 3.29. The average molecular weight is 485 g/mol. The van der Waals surface area contributed by atoms with Crippen LogP contribution in [0.15, 0.2) is 75.7 Å². The maximum atomic E-state index is 12.4. The second-order valence-electron chi connectivity index (χ2n) is 8.48. The highest BCUT2D eigenvalue weighted by Gasteiger charge is 2.08. The first-order valence-corrected chi connectivity index (χ1v) is 12.6. The Labute approximate surface area is 212 Å². The number of H-pyrrole nitrogens is 1. The van der Waals surface area contributed by atoms with Gasteiger partial charge >= 0.3 is 0 Å². The predicted octanol–water partition coefficient (Wildman–Crippen LogP) is 5.98. The molecular formula is C31H36N2O3. The third kappa shape index (κ3) is 7.08. The Hall–Kier alpha value is -3.86. The van der Waals surface area contributed by atoms with Crippen LogP contribution in [0.4, 0.5) is 0 Å². The maximum Gasteiger partial charge on any atom is 0.297 e. The molecule has 0 atom stereocenters. The Kier molecular flexibility index (Phi) is 9.87. The summed E-state index contributed by atoms with van der Waals surface area (Å²) in [6.45, 7) is 10.5. The molecule has 0 saturated heterocycles. The van der Waals surface area contributed by atoms with Gasteiger partial charge in [0.15, 0.2) is 0 Å². The molecule has 0 fully saturated rings. The topological polar surface area (TPSA) is 68.1 Å². The Morgan fingerprint density at radius 1 is 1.06 bits per heavy atom. The van der Waals surface area contributed by atoms with Crippen LogP contribution in [-0.2, 0) is 13.0 Å². The van der Waals surface area contributed by atoms with Crippen molar-refractivity contribution < 1.29 is 9.15 Å². The lowest BCUT2D eigenvalue weighted by Gasteiger charge is -2.05. The number of nitrogens with one attached hydrogen (secondary N) is 1. The standard InChI is InChI=1S/C21H20N2O3.C8H10.C2H6/c1-13-4-3-5-18-17(9-6-13)20(24)23-21(22-18)26-12-15-11-25-19-10-14(2)7-8-16(15)19;1-2-8-6-4-3-5-7-8;1-2/h5-11H,3-4,12H2,1-2H3,(H,22,23,24);3-7H,2H2,1H3;1-2H3/b13-6+,17-9+,18-5+;;. The second kappa shape index (κ2) is 13.3. The Bertz CT molecular complexity index is 1480. The highest BCUT2D eigenvalue weighted by atomic mass is 16.5. The largest absolute Gasteiger partial charge is 0.464 e. The molecule has 5 rings (SSSR count). The van der Waals surface area contributed by atoms with E-state index < -0.39 is 0 Å². The summed E-state index contributed by atoms with van der Waals surface area (Å²) in [6.07, 6.45) is 10.4. The van der Waals surface area contributed by atoms with Crippen LogP contribution in [0.2, 0.25) is 0 Å². The smallest absolute Gasteiger partial charge is 0.297 e. The summed E-state index contributed by atoms with van der Waals surface area (Å²) in [7, 11) is 0. The van der Waals surface area contributed by atoms with E-state index in [1.54, 1.807) is 6.26 Å². The Morgan fingerprint density at radius 2 is 1.83 bits per heavy atom. The first-order chi connectivity index (χ1) is 17.5. The van der Waals surface area contributed by atoms with E-state index in [-0.39, 0.29) is 18.2 Å². The summed E-state index contributed by atoms with van der Waals surface area (Å²) >= 11 is 0. The van der Waals surface area contributed by atoms with Crippen molar-refractivity contribution in [3.63, 3.8) is 0 Å². The van der Waals surface area contributed by atoms with Gasteiger partial charge in [-0.25, -0.2) is 0 Å². The summed E-state index contributed by atoms with van der Waals surface area (Å²) in [6, 6.07) is 16.7. The molecule has 0 unspecified atom stereocenters. The molecule has 0 aliphatic heterocycles. The number of aryl methyl sites for hydroxylation is 2. The van der Waals surface area contributed by atoms with Gasteiger partial charge in [0.25, 0.3) is 11.6 Å².